The molecule has 0 amide bonds. The SMILES string of the molecule is COc1cccc([C@H]2Oc3ccc(OC)cc3C(=NO[C@H](C)c3cn([C@@H]4COC[C@H]4O)nn3)[C@@H]2O)c1. The second-order valence-electron chi connectivity index (χ2n) is 8.64. The maximum Gasteiger partial charge on any atom is 0.169 e. The third kappa shape index (κ3) is 4.60. The Balaban J connectivity index is 1.43. The summed E-state index contributed by atoms with van der Waals surface area (Å²) in [6.45, 7) is 2.40. The van der Waals surface area contributed by atoms with Crippen LogP contribution in [0, 0.1) is 0 Å². The van der Waals surface area contributed by atoms with E-state index in [4.69, 9.17) is 23.8 Å². The number of hydrogen-bond donors (Lipinski definition) is 2. The zero-order valence-electron chi connectivity index (χ0n) is 20.1. The maximum atomic E-state index is 11.3. The van der Waals surface area contributed by atoms with E-state index in [2.05, 4.69) is 15.5 Å². The third-order valence-electron chi connectivity index (χ3n) is 6.32. The van der Waals surface area contributed by atoms with Crippen LogP contribution in [0.2, 0.25) is 0 Å². The van der Waals surface area contributed by atoms with Crippen molar-refractivity contribution in [1.29, 1.82) is 0 Å². The van der Waals surface area contributed by atoms with Gasteiger partial charge >= 0.3 is 0 Å². The number of aliphatic hydroxyl groups is 2. The fourth-order valence-corrected chi connectivity index (χ4v) is 4.23. The Morgan fingerprint density at radius 1 is 1.08 bits per heavy atom. The molecule has 0 aliphatic carbocycles. The molecule has 1 aromatic heterocycles. The van der Waals surface area contributed by atoms with E-state index in [0.717, 1.165) is 5.56 Å². The number of oxime groups is 1. The van der Waals surface area contributed by atoms with Gasteiger partial charge in [0.1, 0.15) is 46.9 Å². The lowest BCUT2D eigenvalue weighted by molar-refractivity contribution is 0.0474. The first kappa shape index (κ1) is 24.0. The predicted octanol–water partition coefficient (Wildman–Crippen LogP) is 2.20. The van der Waals surface area contributed by atoms with Crippen LogP contribution in [0.1, 0.15) is 42.0 Å². The van der Waals surface area contributed by atoms with Gasteiger partial charge in [0.15, 0.2) is 12.2 Å². The van der Waals surface area contributed by atoms with E-state index < -0.39 is 24.4 Å². The lowest BCUT2D eigenvalue weighted by Gasteiger charge is -2.32. The Bertz CT molecular complexity index is 1250. The molecule has 5 atom stereocenters. The molecule has 190 valence electrons. The standard InChI is InChI=1S/C25H28N4O7/c1-14(19-11-29(28-26-19)20-12-34-13-21(20)30)36-27-23-18-10-17(33-3)7-8-22(18)35-25(24(23)31)15-5-4-6-16(9-15)32-2/h4-11,14,20-21,24-25,30-31H,12-13H2,1-3H3/t14-,20-,21-,24+,25-/m1/s1. The second kappa shape index (κ2) is 10.1. The Morgan fingerprint density at radius 3 is 2.64 bits per heavy atom. The molecule has 11 heteroatoms. The molecular formula is C25H28N4O7. The van der Waals surface area contributed by atoms with Crippen molar-refractivity contribution >= 4 is 5.71 Å². The summed E-state index contributed by atoms with van der Waals surface area (Å²) in [5.74, 6) is 1.77. The minimum atomic E-state index is -1.13. The minimum Gasteiger partial charge on any atom is -0.497 e. The van der Waals surface area contributed by atoms with Crippen LogP contribution in [-0.4, -0.2) is 70.6 Å². The summed E-state index contributed by atoms with van der Waals surface area (Å²) in [6.07, 6.45) is -1.39. The van der Waals surface area contributed by atoms with Gasteiger partial charge in [-0.2, -0.15) is 0 Å². The summed E-state index contributed by atoms with van der Waals surface area (Å²) >= 11 is 0. The molecule has 0 spiro atoms. The Labute approximate surface area is 207 Å². The van der Waals surface area contributed by atoms with Gasteiger partial charge in [0.05, 0.1) is 33.6 Å². The maximum absolute atomic E-state index is 11.3. The topological polar surface area (TPSA) is 130 Å². The lowest BCUT2D eigenvalue weighted by Crippen LogP contribution is -2.37. The van der Waals surface area contributed by atoms with Crippen molar-refractivity contribution in [1.82, 2.24) is 15.0 Å². The molecule has 1 saturated heterocycles. The Hall–Kier alpha value is -3.67. The molecular weight excluding hydrogens is 468 g/mol. The van der Waals surface area contributed by atoms with Gasteiger partial charge in [0, 0.05) is 5.56 Å². The second-order valence-corrected chi connectivity index (χ2v) is 8.64. The van der Waals surface area contributed by atoms with Crippen LogP contribution in [0.25, 0.3) is 0 Å². The number of fused-ring (bicyclic) bond motifs is 1. The molecule has 2 aromatic carbocycles. The molecule has 1 fully saturated rings. The van der Waals surface area contributed by atoms with E-state index >= 15 is 0 Å². The molecule has 0 radical (unpaired) electrons. The fourth-order valence-electron chi connectivity index (χ4n) is 4.23. The fraction of sp³-hybridized carbons (Fsp3) is 0.400. The summed E-state index contributed by atoms with van der Waals surface area (Å²) in [6, 6.07) is 12.3. The summed E-state index contributed by atoms with van der Waals surface area (Å²) in [5, 5.41) is 34.0. The highest BCUT2D eigenvalue weighted by Crippen LogP contribution is 2.38. The Kier molecular flexibility index (Phi) is 6.77. The predicted molar refractivity (Wildman–Crippen MR) is 127 cm³/mol. The molecule has 2 N–H and O–H groups in total. The van der Waals surface area contributed by atoms with Crippen molar-refractivity contribution in [3.05, 3.63) is 65.5 Å². The van der Waals surface area contributed by atoms with E-state index in [0.29, 0.717) is 40.8 Å². The van der Waals surface area contributed by atoms with Gasteiger partial charge in [0.25, 0.3) is 0 Å². The quantitative estimate of drug-likeness (QED) is 0.473. The first-order chi connectivity index (χ1) is 17.5. The van der Waals surface area contributed by atoms with Gasteiger partial charge in [0.2, 0.25) is 0 Å². The van der Waals surface area contributed by atoms with Crippen molar-refractivity contribution in [2.75, 3.05) is 27.4 Å². The van der Waals surface area contributed by atoms with Crippen LogP contribution in [0.5, 0.6) is 17.2 Å². The van der Waals surface area contributed by atoms with E-state index in [1.54, 1.807) is 50.2 Å². The van der Waals surface area contributed by atoms with Crippen molar-refractivity contribution in [2.45, 2.75) is 37.4 Å². The molecule has 0 saturated carbocycles. The Morgan fingerprint density at radius 2 is 1.89 bits per heavy atom. The largest absolute Gasteiger partial charge is 0.497 e. The highest BCUT2D eigenvalue weighted by Gasteiger charge is 2.37. The molecule has 3 heterocycles. The average Bonchev–Trinajstić information content (AvgIpc) is 3.56. The zero-order chi connectivity index (χ0) is 25.2. The van der Waals surface area contributed by atoms with Crippen LogP contribution in [0.4, 0.5) is 0 Å². The smallest absolute Gasteiger partial charge is 0.169 e. The van der Waals surface area contributed by atoms with Crippen molar-refractivity contribution in [2.24, 2.45) is 5.16 Å². The van der Waals surface area contributed by atoms with E-state index in [1.807, 2.05) is 24.3 Å². The van der Waals surface area contributed by atoms with Crippen molar-refractivity contribution in [3.8, 4) is 17.2 Å². The van der Waals surface area contributed by atoms with Crippen LogP contribution in [0.15, 0.2) is 53.8 Å². The molecule has 2 aliphatic heterocycles. The first-order valence-electron chi connectivity index (χ1n) is 11.6. The number of hydrogen-bond acceptors (Lipinski definition) is 10. The van der Waals surface area contributed by atoms with Gasteiger partial charge < -0.3 is 34.0 Å². The van der Waals surface area contributed by atoms with Crippen LogP contribution >= 0.6 is 0 Å². The highest BCUT2D eigenvalue weighted by molar-refractivity contribution is 6.07. The number of benzene rings is 2. The molecule has 36 heavy (non-hydrogen) atoms. The molecule has 11 nitrogen and oxygen atoms in total. The van der Waals surface area contributed by atoms with Crippen molar-refractivity contribution in [3.63, 3.8) is 0 Å². The number of methoxy groups -OCH3 is 2. The molecule has 0 bridgehead atoms. The summed E-state index contributed by atoms with van der Waals surface area (Å²) < 4.78 is 23.7. The van der Waals surface area contributed by atoms with Crippen molar-refractivity contribution < 1.29 is 34.0 Å². The van der Waals surface area contributed by atoms with Crippen LogP contribution < -0.4 is 14.2 Å². The number of aliphatic hydroxyl groups excluding tert-OH is 2. The van der Waals surface area contributed by atoms with Gasteiger partial charge in [-0.1, -0.05) is 22.5 Å². The normalized spacial score (nSPS) is 25.2. The van der Waals surface area contributed by atoms with Gasteiger partial charge in [-0.25, -0.2) is 4.68 Å². The number of ether oxygens (including phenoxy) is 4. The average molecular weight is 497 g/mol. The lowest BCUT2D eigenvalue weighted by atomic mass is 9.92. The molecule has 5 rings (SSSR count). The monoisotopic (exact) mass is 496 g/mol. The number of rotatable bonds is 7. The zero-order valence-corrected chi connectivity index (χ0v) is 20.1. The third-order valence-corrected chi connectivity index (χ3v) is 6.32. The van der Waals surface area contributed by atoms with Crippen LogP contribution in [0.3, 0.4) is 0 Å². The number of nitrogens with zero attached hydrogens (tertiary/aromatic N) is 4. The highest BCUT2D eigenvalue weighted by atomic mass is 16.6. The van der Waals surface area contributed by atoms with Gasteiger partial charge in [-0.3, -0.25) is 0 Å². The summed E-state index contributed by atoms with van der Waals surface area (Å²) in [4.78, 5) is 5.80. The van der Waals surface area contributed by atoms with Gasteiger partial charge in [-0.05, 0) is 42.8 Å². The molecule has 3 aromatic rings. The summed E-state index contributed by atoms with van der Waals surface area (Å²) in [5.41, 5.74) is 2.10. The van der Waals surface area contributed by atoms with E-state index in [9.17, 15) is 10.2 Å². The number of aromatic nitrogens is 3. The molecule has 2 aliphatic rings. The van der Waals surface area contributed by atoms with E-state index in [1.165, 1.54) is 0 Å². The first-order valence-corrected chi connectivity index (χ1v) is 11.6. The minimum absolute atomic E-state index is 0.261. The summed E-state index contributed by atoms with van der Waals surface area (Å²) in [7, 11) is 3.14. The molecule has 0 unspecified atom stereocenters. The van der Waals surface area contributed by atoms with Crippen LogP contribution in [-0.2, 0) is 9.57 Å². The van der Waals surface area contributed by atoms with Gasteiger partial charge in [-0.15, -0.1) is 5.10 Å². The van der Waals surface area contributed by atoms with E-state index in [-0.39, 0.29) is 12.6 Å².